The van der Waals surface area contributed by atoms with Crippen molar-refractivity contribution in [1.82, 2.24) is 9.78 Å². The number of carbonyl (C=O) groups is 1. The smallest absolute Gasteiger partial charge is 0.229 e. The third-order valence-electron chi connectivity index (χ3n) is 2.36. The van der Waals surface area contributed by atoms with Crippen molar-refractivity contribution in [2.45, 2.75) is 17.8 Å². The van der Waals surface area contributed by atoms with Gasteiger partial charge in [-0.05, 0) is 0 Å². The summed E-state index contributed by atoms with van der Waals surface area (Å²) in [4.78, 5) is 13.5. The first kappa shape index (κ1) is 10.6. The molecular weight excluding hydrogens is 262 g/mol. The van der Waals surface area contributed by atoms with Gasteiger partial charge in [0.1, 0.15) is 5.82 Å². The minimum atomic E-state index is 0.0223. The Morgan fingerprint density at radius 2 is 2.47 bits per heavy atom. The first-order chi connectivity index (χ1) is 7.22. The van der Waals surface area contributed by atoms with Crippen molar-refractivity contribution in [3.05, 3.63) is 12.3 Å². The monoisotopic (exact) mass is 273 g/mol. The standard InChI is InChI=1S/C9H12BrN3O2/c10-7-5-9(15)12(6-7)8-1-2-11-13(8)3-4-14/h1-2,7,14H,3-6H2. The summed E-state index contributed by atoms with van der Waals surface area (Å²) in [7, 11) is 0. The number of amides is 1. The van der Waals surface area contributed by atoms with Crippen LogP contribution in [0.25, 0.3) is 0 Å². The molecule has 1 N–H and O–H groups in total. The Bertz CT molecular complexity index is 366. The number of aromatic nitrogens is 2. The van der Waals surface area contributed by atoms with Crippen LogP contribution in [0.4, 0.5) is 5.82 Å². The van der Waals surface area contributed by atoms with Gasteiger partial charge in [0.2, 0.25) is 5.91 Å². The summed E-state index contributed by atoms with van der Waals surface area (Å²) >= 11 is 3.43. The molecule has 0 bridgehead atoms. The third-order valence-corrected chi connectivity index (χ3v) is 2.97. The molecule has 1 aliphatic rings. The van der Waals surface area contributed by atoms with Gasteiger partial charge < -0.3 is 5.11 Å². The summed E-state index contributed by atoms with van der Waals surface area (Å²) < 4.78 is 1.64. The fourth-order valence-electron chi connectivity index (χ4n) is 1.71. The van der Waals surface area contributed by atoms with E-state index in [0.717, 1.165) is 5.82 Å². The van der Waals surface area contributed by atoms with Gasteiger partial charge in [-0.1, -0.05) is 15.9 Å². The van der Waals surface area contributed by atoms with Crippen LogP contribution >= 0.6 is 15.9 Å². The maximum Gasteiger partial charge on any atom is 0.229 e. The Balaban J connectivity index is 2.21. The number of hydrogen-bond acceptors (Lipinski definition) is 3. The molecule has 5 nitrogen and oxygen atoms in total. The van der Waals surface area contributed by atoms with Crippen LogP contribution in [0, 0.1) is 0 Å². The third kappa shape index (κ3) is 2.05. The first-order valence-corrected chi connectivity index (χ1v) is 5.71. The Kier molecular flexibility index (Phi) is 3.06. The van der Waals surface area contributed by atoms with Crippen molar-refractivity contribution in [2.75, 3.05) is 18.1 Å². The molecule has 1 unspecified atom stereocenters. The van der Waals surface area contributed by atoms with Gasteiger partial charge in [0, 0.05) is 23.9 Å². The highest BCUT2D eigenvalue weighted by molar-refractivity contribution is 9.09. The predicted molar refractivity (Wildman–Crippen MR) is 59.0 cm³/mol. The van der Waals surface area contributed by atoms with Gasteiger partial charge in [0.25, 0.3) is 0 Å². The largest absolute Gasteiger partial charge is 0.394 e. The minimum absolute atomic E-state index is 0.0223. The van der Waals surface area contributed by atoms with E-state index in [0.29, 0.717) is 19.5 Å². The lowest BCUT2D eigenvalue weighted by atomic mass is 10.4. The van der Waals surface area contributed by atoms with Crippen LogP contribution in [0.15, 0.2) is 12.3 Å². The fraction of sp³-hybridized carbons (Fsp3) is 0.556. The van der Waals surface area contributed by atoms with E-state index in [1.54, 1.807) is 21.8 Å². The highest BCUT2D eigenvalue weighted by atomic mass is 79.9. The molecule has 82 valence electrons. The average molecular weight is 274 g/mol. The van der Waals surface area contributed by atoms with Crippen LogP contribution in [-0.2, 0) is 11.3 Å². The van der Waals surface area contributed by atoms with Crippen LogP contribution in [0.1, 0.15) is 6.42 Å². The maximum absolute atomic E-state index is 11.6. The molecule has 2 heterocycles. The van der Waals surface area contributed by atoms with Crippen LogP contribution in [0.3, 0.4) is 0 Å². The molecule has 1 aliphatic heterocycles. The second kappa shape index (κ2) is 4.32. The summed E-state index contributed by atoms with van der Waals surface area (Å²) in [5.74, 6) is 0.854. The highest BCUT2D eigenvalue weighted by Gasteiger charge is 2.30. The van der Waals surface area contributed by atoms with Gasteiger partial charge in [0.15, 0.2) is 0 Å². The van der Waals surface area contributed by atoms with Crippen LogP contribution in [-0.4, -0.2) is 38.8 Å². The van der Waals surface area contributed by atoms with E-state index in [1.807, 2.05) is 0 Å². The molecule has 0 radical (unpaired) electrons. The van der Waals surface area contributed by atoms with Crippen LogP contribution in [0.5, 0.6) is 0 Å². The number of aliphatic hydroxyl groups excluding tert-OH is 1. The van der Waals surface area contributed by atoms with E-state index in [2.05, 4.69) is 21.0 Å². The molecule has 2 rings (SSSR count). The second-order valence-corrected chi connectivity index (χ2v) is 4.74. The molecule has 1 amide bonds. The van der Waals surface area contributed by atoms with Gasteiger partial charge in [-0.2, -0.15) is 5.10 Å². The van der Waals surface area contributed by atoms with Gasteiger partial charge in [0.05, 0.1) is 19.3 Å². The molecule has 1 aromatic heterocycles. The number of nitrogens with zero attached hydrogens (tertiary/aromatic N) is 3. The molecular formula is C9H12BrN3O2. The number of carbonyl (C=O) groups excluding carboxylic acids is 1. The molecule has 0 aliphatic carbocycles. The zero-order chi connectivity index (χ0) is 10.8. The molecule has 15 heavy (non-hydrogen) atoms. The van der Waals surface area contributed by atoms with E-state index in [9.17, 15) is 4.79 Å². The zero-order valence-corrected chi connectivity index (χ0v) is 9.72. The molecule has 0 spiro atoms. The Morgan fingerprint density at radius 1 is 1.67 bits per heavy atom. The number of anilines is 1. The predicted octanol–water partition coefficient (Wildman–Crippen LogP) is 0.376. The van der Waals surface area contributed by atoms with Crippen molar-refractivity contribution in [2.24, 2.45) is 0 Å². The number of rotatable bonds is 3. The highest BCUT2D eigenvalue weighted by Crippen LogP contribution is 2.24. The lowest BCUT2D eigenvalue weighted by Gasteiger charge is -2.16. The topological polar surface area (TPSA) is 58.4 Å². The molecule has 1 fully saturated rings. The van der Waals surface area contributed by atoms with Gasteiger partial charge in [-0.15, -0.1) is 0 Å². The van der Waals surface area contributed by atoms with Gasteiger partial charge >= 0.3 is 0 Å². The molecule has 1 aromatic rings. The quantitative estimate of drug-likeness (QED) is 0.810. The minimum Gasteiger partial charge on any atom is -0.394 e. The normalized spacial score (nSPS) is 21.3. The van der Waals surface area contributed by atoms with Crippen molar-refractivity contribution >= 4 is 27.7 Å². The molecule has 0 aromatic carbocycles. The van der Waals surface area contributed by atoms with Crippen molar-refractivity contribution in [3.63, 3.8) is 0 Å². The average Bonchev–Trinajstić information content (AvgIpc) is 2.73. The fourth-order valence-corrected chi connectivity index (χ4v) is 2.27. The summed E-state index contributed by atoms with van der Waals surface area (Å²) in [5, 5.41) is 12.9. The lowest BCUT2D eigenvalue weighted by Crippen LogP contribution is -2.27. The van der Waals surface area contributed by atoms with E-state index < -0.39 is 0 Å². The maximum atomic E-state index is 11.6. The Morgan fingerprint density at radius 3 is 3.07 bits per heavy atom. The SMILES string of the molecule is O=C1CC(Br)CN1c1ccnn1CCO. The Labute approximate surface area is 95.8 Å². The number of hydrogen-bond donors (Lipinski definition) is 1. The zero-order valence-electron chi connectivity index (χ0n) is 8.14. The Hall–Kier alpha value is -0.880. The second-order valence-electron chi connectivity index (χ2n) is 3.44. The summed E-state index contributed by atoms with van der Waals surface area (Å²) in [5.41, 5.74) is 0. The van der Waals surface area contributed by atoms with Crippen LogP contribution < -0.4 is 4.90 Å². The molecule has 6 heteroatoms. The van der Waals surface area contributed by atoms with Gasteiger partial charge in [-0.25, -0.2) is 4.68 Å². The molecule has 1 atom stereocenters. The van der Waals surface area contributed by atoms with E-state index >= 15 is 0 Å². The van der Waals surface area contributed by atoms with Gasteiger partial charge in [-0.3, -0.25) is 9.69 Å². The number of halogens is 1. The molecule has 0 saturated carbocycles. The summed E-state index contributed by atoms with van der Waals surface area (Å²) in [6.45, 7) is 1.10. The van der Waals surface area contributed by atoms with Crippen molar-refractivity contribution < 1.29 is 9.90 Å². The van der Waals surface area contributed by atoms with E-state index in [4.69, 9.17) is 5.11 Å². The molecule has 1 saturated heterocycles. The lowest BCUT2D eigenvalue weighted by molar-refractivity contribution is -0.117. The first-order valence-electron chi connectivity index (χ1n) is 4.79. The van der Waals surface area contributed by atoms with Crippen LogP contribution in [0.2, 0.25) is 0 Å². The van der Waals surface area contributed by atoms with E-state index in [-0.39, 0.29) is 17.3 Å². The van der Waals surface area contributed by atoms with Crippen molar-refractivity contribution in [1.29, 1.82) is 0 Å². The van der Waals surface area contributed by atoms with Crippen molar-refractivity contribution in [3.8, 4) is 0 Å². The summed E-state index contributed by atoms with van der Waals surface area (Å²) in [6, 6.07) is 1.79. The number of aliphatic hydroxyl groups is 1. The van der Waals surface area contributed by atoms with E-state index in [1.165, 1.54) is 0 Å². The summed E-state index contributed by atoms with van der Waals surface area (Å²) in [6.07, 6.45) is 2.16. The number of alkyl halides is 1.